The fourth-order valence-electron chi connectivity index (χ4n) is 2.97. The monoisotopic (exact) mass is 375 g/mol. The number of likely N-dealkylation sites (N-methyl/N-ethyl adjacent to an activating group) is 2. The van der Waals surface area contributed by atoms with Gasteiger partial charge in [0, 0.05) is 26.5 Å². The molecule has 2 aliphatic heterocycles. The van der Waals surface area contributed by atoms with Crippen LogP contribution < -0.4 is 0 Å². The summed E-state index contributed by atoms with van der Waals surface area (Å²) in [6, 6.07) is 9.02. The minimum atomic E-state index is -0.572. The van der Waals surface area contributed by atoms with E-state index < -0.39 is 6.04 Å². The van der Waals surface area contributed by atoms with Crippen molar-refractivity contribution < 1.29 is 18.9 Å². The van der Waals surface area contributed by atoms with E-state index in [9.17, 15) is 9.59 Å². The first-order chi connectivity index (χ1) is 12.5. The van der Waals surface area contributed by atoms with Crippen LogP contribution in [0, 0.1) is 0 Å². The van der Waals surface area contributed by atoms with Crippen molar-refractivity contribution in [3.8, 4) is 0 Å². The van der Waals surface area contributed by atoms with Gasteiger partial charge in [0.25, 0.3) is 17.8 Å². The zero-order valence-electron chi connectivity index (χ0n) is 15.2. The first-order valence-corrected chi connectivity index (χ1v) is 9.55. The Morgan fingerprint density at radius 2 is 1.92 bits per heavy atom. The van der Waals surface area contributed by atoms with E-state index in [4.69, 9.17) is 4.74 Å². The first-order valence-electron chi connectivity index (χ1n) is 8.56. The van der Waals surface area contributed by atoms with E-state index in [0.717, 1.165) is 21.4 Å². The predicted molar refractivity (Wildman–Crippen MR) is 102 cm³/mol. The maximum absolute atomic E-state index is 12.8. The molecule has 2 heterocycles. The highest BCUT2D eigenvalue weighted by Crippen LogP contribution is 2.24. The molecule has 1 unspecified atom stereocenters. The van der Waals surface area contributed by atoms with Crippen molar-refractivity contribution in [1.82, 2.24) is 9.80 Å². The standard InChI is InChI=1S/C18H23N4O3S/c1-4-25-10-11-26-17-19-15-14(16(23)21(3)18(24)20(15)2)22(17)12-13-8-6-5-7-9-13/h5-9,14H,4,10-12H2,1-3H3/q+1. The Morgan fingerprint density at radius 1 is 1.19 bits per heavy atom. The molecule has 7 nitrogen and oxygen atoms in total. The summed E-state index contributed by atoms with van der Waals surface area (Å²) in [5, 5.41) is 0.747. The van der Waals surface area contributed by atoms with Gasteiger partial charge in [-0.05, 0) is 29.2 Å². The van der Waals surface area contributed by atoms with Crippen molar-refractivity contribution in [2.75, 3.05) is 33.1 Å². The molecule has 1 aromatic rings. The third-order valence-electron chi connectivity index (χ3n) is 4.35. The normalized spacial score (nSPS) is 20.0. The number of ether oxygens (including phenoxy) is 1. The van der Waals surface area contributed by atoms with Crippen LogP contribution in [0.1, 0.15) is 12.5 Å². The lowest BCUT2D eigenvalue weighted by atomic mass is 10.1. The zero-order chi connectivity index (χ0) is 18.7. The van der Waals surface area contributed by atoms with Crippen LogP contribution in [0.5, 0.6) is 0 Å². The van der Waals surface area contributed by atoms with E-state index in [-0.39, 0.29) is 11.9 Å². The molecule has 0 spiro atoms. The molecule has 0 N–H and O–H groups in total. The number of aliphatic imine (C=N–C) groups is 1. The van der Waals surface area contributed by atoms with Gasteiger partial charge >= 0.3 is 11.2 Å². The molecule has 1 atom stereocenters. The summed E-state index contributed by atoms with van der Waals surface area (Å²) >= 11 is 1.55. The van der Waals surface area contributed by atoms with Crippen molar-refractivity contribution in [2.45, 2.75) is 19.5 Å². The number of urea groups is 1. The summed E-state index contributed by atoms with van der Waals surface area (Å²) in [4.78, 5) is 32.3. The average molecular weight is 375 g/mol. The molecule has 0 aromatic heterocycles. The minimum absolute atomic E-state index is 0.247. The lowest BCUT2D eigenvalue weighted by molar-refractivity contribution is -0.548. The Morgan fingerprint density at radius 3 is 2.62 bits per heavy atom. The molecule has 26 heavy (non-hydrogen) atoms. The first kappa shape index (κ1) is 18.6. The molecule has 138 valence electrons. The van der Waals surface area contributed by atoms with Crippen LogP contribution in [0.25, 0.3) is 0 Å². The topological polar surface area (TPSA) is 65.2 Å². The highest BCUT2D eigenvalue weighted by atomic mass is 32.2. The number of hydrogen-bond donors (Lipinski definition) is 0. The molecular formula is C18H23N4O3S+. The van der Waals surface area contributed by atoms with Crippen molar-refractivity contribution >= 4 is 34.7 Å². The Bertz CT molecular complexity index is 763. The van der Waals surface area contributed by atoms with E-state index in [1.165, 1.54) is 11.9 Å². The SMILES string of the molecule is CCOCCSC1=[N+](Cc2ccccc2)C2C(=O)N(C)C(=O)N(C)C2=N1. The Hall–Kier alpha value is -2.19. The highest BCUT2D eigenvalue weighted by Gasteiger charge is 2.53. The number of benzene rings is 1. The molecule has 0 aliphatic carbocycles. The van der Waals surface area contributed by atoms with Gasteiger partial charge < -0.3 is 4.74 Å². The number of rotatable bonds is 6. The summed E-state index contributed by atoms with van der Waals surface area (Å²) in [6.45, 7) is 3.79. The van der Waals surface area contributed by atoms with Crippen LogP contribution in [0.3, 0.4) is 0 Å². The van der Waals surface area contributed by atoms with Crippen LogP contribution in [0.4, 0.5) is 4.79 Å². The van der Waals surface area contributed by atoms with Gasteiger partial charge in [-0.1, -0.05) is 30.3 Å². The van der Waals surface area contributed by atoms with Gasteiger partial charge in [0.05, 0.1) is 6.61 Å². The lowest BCUT2D eigenvalue weighted by Gasteiger charge is -2.30. The molecule has 3 rings (SSSR count). The molecule has 1 aromatic carbocycles. The van der Waals surface area contributed by atoms with Gasteiger partial charge in [-0.25, -0.2) is 9.37 Å². The molecule has 8 heteroatoms. The molecule has 1 fully saturated rings. The number of amidine groups is 2. The largest absolute Gasteiger partial charge is 0.381 e. The zero-order valence-corrected chi connectivity index (χ0v) is 16.0. The van der Waals surface area contributed by atoms with Gasteiger partial charge in [-0.3, -0.25) is 14.6 Å². The Kier molecular flexibility index (Phi) is 5.73. The van der Waals surface area contributed by atoms with Crippen molar-refractivity contribution in [1.29, 1.82) is 0 Å². The third kappa shape index (κ3) is 3.52. The van der Waals surface area contributed by atoms with Crippen LogP contribution in [0.2, 0.25) is 0 Å². The maximum Gasteiger partial charge on any atom is 0.358 e. The number of imide groups is 1. The van der Waals surface area contributed by atoms with Gasteiger partial charge in [-0.15, -0.1) is 0 Å². The highest BCUT2D eigenvalue weighted by molar-refractivity contribution is 8.13. The van der Waals surface area contributed by atoms with Crippen LogP contribution in [-0.4, -0.2) is 76.4 Å². The summed E-state index contributed by atoms with van der Waals surface area (Å²) in [7, 11) is 3.17. The van der Waals surface area contributed by atoms with Crippen LogP contribution in [-0.2, 0) is 16.1 Å². The summed E-state index contributed by atoms with van der Waals surface area (Å²) in [5.74, 6) is 0.982. The van der Waals surface area contributed by atoms with Crippen molar-refractivity contribution in [3.05, 3.63) is 35.9 Å². The lowest BCUT2D eigenvalue weighted by Crippen LogP contribution is -2.61. The van der Waals surface area contributed by atoms with Crippen molar-refractivity contribution in [3.63, 3.8) is 0 Å². The molecule has 1 saturated heterocycles. The second-order valence-electron chi connectivity index (χ2n) is 6.05. The van der Waals surface area contributed by atoms with E-state index in [0.29, 0.717) is 25.6 Å². The predicted octanol–water partition coefficient (Wildman–Crippen LogP) is 1.63. The number of nitrogens with zero attached hydrogens (tertiary/aromatic N) is 4. The number of hydrogen-bond acceptors (Lipinski definition) is 5. The van der Waals surface area contributed by atoms with Crippen LogP contribution in [0.15, 0.2) is 35.3 Å². The third-order valence-corrected chi connectivity index (χ3v) is 5.31. The second-order valence-corrected chi connectivity index (χ2v) is 7.11. The smallest absolute Gasteiger partial charge is 0.358 e. The number of amides is 3. The molecule has 0 bridgehead atoms. The Labute approximate surface area is 157 Å². The van der Waals surface area contributed by atoms with E-state index in [2.05, 4.69) is 4.99 Å². The fourth-order valence-corrected chi connectivity index (χ4v) is 3.84. The molecule has 0 saturated carbocycles. The van der Waals surface area contributed by atoms with E-state index >= 15 is 0 Å². The van der Waals surface area contributed by atoms with Gasteiger partial charge in [0.1, 0.15) is 6.54 Å². The second kappa shape index (κ2) is 8.01. The molecule has 0 radical (unpaired) electrons. The van der Waals surface area contributed by atoms with E-state index in [1.54, 1.807) is 18.8 Å². The van der Waals surface area contributed by atoms with Gasteiger partial charge in [-0.2, -0.15) is 0 Å². The summed E-state index contributed by atoms with van der Waals surface area (Å²) in [6.07, 6.45) is 0. The molecule has 2 aliphatic rings. The fraction of sp³-hybridized carbons (Fsp3) is 0.444. The number of carbonyl (C=O) groups is 2. The Balaban J connectivity index is 1.91. The van der Waals surface area contributed by atoms with Crippen LogP contribution >= 0.6 is 11.8 Å². The molecular weight excluding hydrogens is 352 g/mol. The average Bonchev–Trinajstić information content (AvgIpc) is 3.01. The molecule has 3 amide bonds. The van der Waals surface area contributed by atoms with Crippen molar-refractivity contribution in [2.24, 2.45) is 4.99 Å². The maximum atomic E-state index is 12.8. The van der Waals surface area contributed by atoms with Gasteiger partial charge in [0.2, 0.25) is 0 Å². The minimum Gasteiger partial charge on any atom is -0.381 e. The summed E-state index contributed by atoms with van der Waals surface area (Å²) < 4.78 is 7.38. The van der Waals surface area contributed by atoms with Gasteiger partial charge in [0.15, 0.2) is 0 Å². The summed E-state index contributed by atoms with van der Waals surface area (Å²) in [5.41, 5.74) is 1.09. The number of carbonyl (C=O) groups excluding carboxylic acids is 2. The quantitative estimate of drug-likeness (QED) is 0.560. The van der Waals surface area contributed by atoms with E-state index in [1.807, 2.05) is 41.8 Å². The number of fused-ring (bicyclic) bond motifs is 1. The number of thioether (sulfide) groups is 1.